The van der Waals surface area contributed by atoms with Gasteiger partial charge in [0, 0.05) is 5.10 Å². The van der Waals surface area contributed by atoms with Gasteiger partial charge in [-0.1, -0.05) is 44.6 Å². The maximum absolute atomic E-state index is 10.4. The lowest BCUT2D eigenvalue weighted by atomic mass is 9.47. The Kier molecular flexibility index (Phi) is 8.66. The van der Waals surface area contributed by atoms with Crippen molar-refractivity contribution in [2.75, 3.05) is 7.11 Å². The normalized spacial score (nSPS) is 40.4. The minimum absolute atomic E-state index is 0. The Hall–Kier alpha value is -1.70. The summed E-state index contributed by atoms with van der Waals surface area (Å²) in [6, 6.07) is 8.60. The molecule has 1 aromatic carbocycles. The number of halogens is 1. The van der Waals surface area contributed by atoms with Crippen LogP contribution in [0.3, 0.4) is 0 Å². The Morgan fingerprint density at radius 3 is 2.72 bits per heavy atom. The number of aromatic nitrogens is 3. The van der Waals surface area contributed by atoms with Crippen LogP contribution in [0, 0.1) is 40.4 Å². The summed E-state index contributed by atoms with van der Waals surface area (Å²) in [7, 11) is 1.70. The Labute approximate surface area is 269 Å². The minimum Gasteiger partial charge on any atom is -1.00 e. The van der Waals surface area contributed by atoms with Gasteiger partial charge in [-0.05, 0) is 123 Å². The largest absolute Gasteiger partial charge is 1.00 e. The van der Waals surface area contributed by atoms with Gasteiger partial charge in [0.25, 0.3) is 6.33 Å². The van der Waals surface area contributed by atoms with Crippen molar-refractivity contribution in [1.29, 1.82) is 0 Å². The first-order valence-corrected chi connectivity index (χ1v) is 16.8. The second-order valence-corrected chi connectivity index (χ2v) is 15.2. The second kappa shape index (κ2) is 11.9. The molecule has 0 spiro atoms. The maximum Gasteiger partial charge on any atom is 0.265 e. The lowest BCUT2D eigenvalue weighted by Crippen LogP contribution is -3.00. The molecule has 2 heterocycles. The first kappa shape index (κ1) is 31.3. The molecule has 236 valence electrons. The van der Waals surface area contributed by atoms with Crippen LogP contribution in [0.2, 0.25) is 0 Å². The smallest absolute Gasteiger partial charge is 0.265 e. The molecule has 3 saturated carbocycles. The van der Waals surface area contributed by atoms with Gasteiger partial charge in [0.2, 0.25) is 6.33 Å². The number of nitrogens with zero attached hydrogens (tertiary/aromatic N) is 3. The molecule has 1 aliphatic heterocycles. The Morgan fingerprint density at radius 2 is 1.95 bits per heavy atom. The summed E-state index contributed by atoms with van der Waals surface area (Å²) in [4.78, 5) is 0. The van der Waals surface area contributed by atoms with Gasteiger partial charge < -0.3 is 31.6 Å². The van der Waals surface area contributed by atoms with Crippen molar-refractivity contribution in [2.24, 2.45) is 40.4 Å². The van der Waals surface area contributed by atoms with Gasteiger partial charge >= 0.3 is 0 Å². The average Bonchev–Trinajstić information content (AvgIpc) is 3.66. The van der Waals surface area contributed by atoms with E-state index in [1.54, 1.807) is 12.7 Å². The molecule has 7 rings (SSSR count). The number of ether oxygens (including phenoxy) is 2. The van der Waals surface area contributed by atoms with E-state index >= 15 is 0 Å². The monoisotopic (exact) mass is 653 g/mol. The van der Waals surface area contributed by atoms with Crippen LogP contribution in [0.1, 0.15) is 97.1 Å². The minimum atomic E-state index is -0.122. The summed E-state index contributed by atoms with van der Waals surface area (Å²) in [6.07, 6.45) is 17.7. The molecule has 4 fully saturated rings. The Bertz CT molecular complexity index is 1310. The highest BCUT2D eigenvalue weighted by Gasteiger charge is 2.64. The van der Waals surface area contributed by atoms with E-state index in [4.69, 9.17) is 14.6 Å². The van der Waals surface area contributed by atoms with Crippen molar-refractivity contribution in [3.8, 4) is 5.75 Å². The number of aliphatic hydroxyl groups excluding tert-OH is 1. The molecule has 1 aromatic heterocycles. The van der Waals surface area contributed by atoms with Crippen LogP contribution in [0.15, 0.2) is 48.6 Å². The lowest BCUT2D eigenvalue weighted by Gasteiger charge is -2.58. The number of aliphatic hydroxyl groups is 1. The quantitative estimate of drug-likeness (QED) is 0.367. The molecular weight excluding hydrogens is 602 g/mol. The SMILES string of the molecule is COc1ccc(C[n+]2cnn([C@H](C)CC[C@H]3OC4C[C@H]5[C@@H]6CC=C7CC(O)CC[C@]7(C)[C@H]6CC[C@]5(C)C4[C@@H]3C)c2)cc1.[Br-]. The van der Waals surface area contributed by atoms with Crippen molar-refractivity contribution >= 4 is 0 Å². The van der Waals surface area contributed by atoms with E-state index in [2.05, 4.69) is 61.5 Å². The highest BCUT2D eigenvalue weighted by atomic mass is 79.9. The number of rotatable bonds is 7. The molecule has 11 atom stereocenters. The van der Waals surface area contributed by atoms with Crippen LogP contribution in [0.25, 0.3) is 0 Å². The molecule has 0 radical (unpaired) electrons. The molecule has 6 nitrogen and oxygen atoms in total. The predicted octanol–water partition coefficient (Wildman–Crippen LogP) is 3.53. The molecule has 5 aliphatic rings. The molecule has 0 bridgehead atoms. The molecule has 4 aliphatic carbocycles. The van der Waals surface area contributed by atoms with Crippen molar-refractivity contribution in [3.05, 3.63) is 54.1 Å². The van der Waals surface area contributed by atoms with Crippen LogP contribution in [0.5, 0.6) is 5.75 Å². The zero-order chi connectivity index (χ0) is 29.2. The van der Waals surface area contributed by atoms with Crippen molar-refractivity contribution < 1.29 is 36.1 Å². The van der Waals surface area contributed by atoms with Crippen molar-refractivity contribution in [2.45, 2.75) is 116 Å². The third kappa shape index (κ3) is 5.33. The number of benzene rings is 1. The third-order valence-corrected chi connectivity index (χ3v) is 13.1. The van der Waals surface area contributed by atoms with Gasteiger partial charge in [0.15, 0.2) is 0 Å². The third-order valence-electron chi connectivity index (χ3n) is 13.1. The summed E-state index contributed by atoms with van der Waals surface area (Å²) in [5, 5.41) is 15.1. The fourth-order valence-electron chi connectivity index (χ4n) is 10.8. The van der Waals surface area contributed by atoms with E-state index in [9.17, 15) is 5.11 Å². The molecule has 3 unspecified atom stereocenters. The fourth-order valence-corrected chi connectivity index (χ4v) is 10.8. The van der Waals surface area contributed by atoms with Crippen LogP contribution < -0.4 is 26.3 Å². The molecule has 1 N–H and O–H groups in total. The van der Waals surface area contributed by atoms with Crippen LogP contribution in [0.4, 0.5) is 0 Å². The molecule has 1 saturated heterocycles. The summed E-state index contributed by atoms with van der Waals surface area (Å²) >= 11 is 0. The summed E-state index contributed by atoms with van der Waals surface area (Å²) in [5.74, 6) is 4.54. The highest BCUT2D eigenvalue weighted by molar-refractivity contribution is 5.27. The van der Waals surface area contributed by atoms with Crippen molar-refractivity contribution in [3.63, 3.8) is 0 Å². The van der Waals surface area contributed by atoms with Gasteiger partial charge in [-0.15, -0.1) is 4.68 Å². The summed E-state index contributed by atoms with van der Waals surface area (Å²) in [5.41, 5.74) is 3.53. The number of methoxy groups -OCH3 is 1. The van der Waals surface area contributed by atoms with E-state index in [0.29, 0.717) is 40.9 Å². The molecule has 7 heteroatoms. The molecule has 43 heavy (non-hydrogen) atoms. The topological polar surface area (TPSA) is 60.4 Å². The first-order chi connectivity index (χ1) is 20.2. The Morgan fingerprint density at radius 1 is 1.16 bits per heavy atom. The number of allylic oxidation sites excluding steroid dienone is 1. The number of fused-ring (bicyclic) bond motifs is 7. The zero-order valence-corrected chi connectivity index (χ0v) is 28.4. The summed E-state index contributed by atoms with van der Waals surface area (Å²) in [6.45, 7) is 10.8. The molecular formula is C36H52BrN3O3. The van der Waals surface area contributed by atoms with Gasteiger partial charge in [0.1, 0.15) is 11.8 Å². The van der Waals surface area contributed by atoms with Gasteiger partial charge in [0.05, 0.1) is 32.0 Å². The van der Waals surface area contributed by atoms with Gasteiger partial charge in [-0.25, -0.2) is 4.57 Å². The standard InChI is InChI=1S/C36H52N3O3.BrH/c1-23(39-22-38(21-37-39)20-25-7-10-28(41-5)11-8-25)6-13-32-24(2)34-33(42-32)19-31-29-12-9-26-18-27(40)14-16-35(26,3)30(29)15-17-36(31,34)4;/h7-11,21-24,27,29-34,40H,6,12-20H2,1-5H3;1H/q+1;/p-1/t23-,24-,27?,29-,30+,31+,32-,33?,34?,35+,36+;/m1./s1. The Balaban J connectivity index is 0.00000329. The van der Waals surface area contributed by atoms with Crippen LogP contribution >= 0.6 is 0 Å². The van der Waals surface area contributed by atoms with Gasteiger partial charge in [-0.2, -0.15) is 0 Å². The van der Waals surface area contributed by atoms with E-state index in [1.165, 1.54) is 37.7 Å². The fraction of sp³-hybridized carbons (Fsp3) is 0.722. The number of hydrogen-bond acceptors (Lipinski definition) is 4. The molecule has 2 aromatic rings. The first-order valence-electron chi connectivity index (χ1n) is 16.8. The van der Waals surface area contributed by atoms with E-state index < -0.39 is 0 Å². The van der Waals surface area contributed by atoms with Crippen LogP contribution in [-0.2, 0) is 11.3 Å². The van der Waals surface area contributed by atoms with Gasteiger partial charge in [-0.3, -0.25) is 0 Å². The van der Waals surface area contributed by atoms with Crippen LogP contribution in [-0.4, -0.2) is 40.3 Å². The lowest BCUT2D eigenvalue weighted by molar-refractivity contribution is -0.689. The number of hydrogen-bond donors (Lipinski definition) is 1. The highest BCUT2D eigenvalue weighted by Crippen LogP contribution is 2.69. The van der Waals surface area contributed by atoms with E-state index in [0.717, 1.165) is 55.7 Å². The second-order valence-electron chi connectivity index (χ2n) is 15.2. The summed E-state index contributed by atoms with van der Waals surface area (Å²) < 4.78 is 16.5. The predicted molar refractivity (Wildman–Crippen MR) is 163 cm³/mol. The zero-order valence-electron chi connectivity index (χ0n) is 26.8. The average molecular weight is 655 g/mol. The maximum atomic E-state index is 10.4. The molecule has 0 amide bonds. The van der Waals surface area contributed by atoms with E-state index in [1.807, 2.05) is 18.5 Å². The van der Waals surface area contributed by atoms with E-state index in [-0.39, 0.29) is 23.1 Å². The van der Waals surface area contributed by atoms with Crippen molar-refractivity contribution in [1.82, 2.24) is 9.78 Å².